The predicted molar refractivity (Wildman–Crippen MR) is 66.7 cm³/mol. The standard InChI is InChI=1S/C13H7ClFNS/c14-10-2-1-9(8-16)13(7-10)17-12-5-3-11(15)4-6-12/h1-7H. The summed E-state index contributed by atoms with van der Waals surface area (Å²) in [5, 5.41) is 9.54. The van der Waals surface area contributed by atoms with Crippen LogP contribution in [0.4, 0.5) is 4.39 Å². The van der Waals surface area contributed by atoms with Gasteiger partial charge in [-0.25, -0.2) is 4.39 Å². The Morgan fingerprint density at radius 1 is 1.12 bits per heavy atom. The molecule has 0 aliphatic rings. The first kappa shape index (κ1) is 12.0. The smallest absolute Gasteiger partial charge is 0.123 e. The van der Waals surface area contributed by atoms with E-state index in [-0.39, 0.29) is 5.82 Å². The van der Waals surface area contributed by atoms with E-state index in [0.717, 1.165) is 9.79 Å². The fraction of sp³-hybridized carbons (Fsp3) is 0. The monoisotopic (exact) mass is 263 g/mol. The Morgan fingerprint density at radius 3 is 2.47 bits per heavy atom. The predicted octanol–water partition coefficient (Wildman–Crippen LogP) is 4.50. The SMILES string of the molecule is N#Cc1ccc(Cl)cc1Sc1ccc(F)cc1. The van der Waals surface area contributed by atoms with E-state index in [2.05, 4.69) is 6.07 Å². The maximum Gasteiger partial charge on any atom is 0.123 e. The Morgan fingerprint density at radius 2 is 1.82 bits per heavy atom. The Kier molecular flexibility index (Phi) is 3.68. The van der Waals surface area contributed by atoms with Crippen LogP contribution in [0, 0.1) is 17.1 Å². The van der Waals surface area contributed by atoms with Gasteiger partial charge in [0.05, 0.1) is 5.56 Å². The Bertz CT molecular complexity index is 575. The Hall–Kier alpha value is -1.50. The summed E-state index contributed by atoms with van der Waals surface area (Å²) in [6.07, 6.45) is 0. The zero-order chi connectivity index (χ0) is 12.3. The van der Waals surface area contributed by atoms with Crippen LogP contribution in [0.25, 0.3) is 0 Å². The van der Waals surface area contributed by atoms with Gasteiger partial charge < -0.3 is 0 Å². The first-order valence-electron chi connectivity index (χ1n) is 4.82. The molecule has 0 atom stereocenters. The summed E-state index contributed by atoms with van der Waals surface area (Å²) in [5.41, 5.74) is 0.559. The number of rotatable bonds is 2. The summed E-state index contributed by atoms with van der Waals surface area (Å²) < 4.78 is 12.8. The second-order valence-electron chi connectivity index (χ2n) is 3.31. The van der Waals surface area contributed by atoms with Crippen molar-refractivity contribution < 1.29 is 4.39 Å². The van der Waals surface area contributed by atoms with Crippen LogP contribution in [0.3, 0.4) is 0 Å². The minimum atomic E-state index is -0.277. The van der Waals surface area contributed by atoms with Gasteiger partial charge in [-0.15, -0.1) is 0 Å². The highest BCUT2D eigenvalue weighted by Crippen LogP contribution is 2.32. The largest absolute Gasteiger partial charge is 0.207 e. The molecule has 84 valence electrons. The van der Waals surface area contributed by atoms with Crippen LogP contribution in [-0.2, 0) is 0 Å². The maximum absolute atomic E-state index is 12.8. The van der Waals surface area contributed by atoms with Gasteiger partial charge in [0.25, 0.3) is 0 Å². The van der Waals surface area contributed by atoms with Crippen molar-refractivity contribution in [2.45, 2.75) is 9.79 Å². The van der Waals surface area contributed by atoms with Crippen LogP contribution in [0.15, 0.2) is 52.3 Å². The van der Waals surface area contributed by atoms with Crippen LogP contribution in [0.1, 0.15) is 5.56 Å². The molecule has 0 aromatic heterocycles. The van der Waals surface area contributed by atoms with Crippen LogP contribution < -0.4 is 0 Å². The molecule has 0 fully saturated rings. The maximum atomic E-state index is 12.8. The molecule has 0 N–H and O–H groups in total. The zero-order valence-electron chi connectivity index (χ0n) is 8.65. The molecule has 0 radical (unpaired) electrons. The summed E-state index contributed by atoms with van der Waals surface area (Å²) in [4.78, 5) is 1.64. The van der Waals surface area contributed by atoms with Gasteiger partial charge in [0.2, 0.25) is 0 Å². The molecule has 0 saturated heterocycles. The van der Waals surface area contributed by atoms with E-state index in [4.69, 9.17) is 16.9 Å². The van der Waals surface area contributed by atoms with Crippen LogP contribution in [0.5, 0.6) is 0 Å². The molecule has 2 aromatic rings. The minimum Gasteiger partial charge on any atom is -0.207 e. The first-order chi connectivity index (χ1) is 8.19. The average Bonchev–Trinajstić information content (AvgIpc) is 2.32. The summed E-state index contributed by atoms with van der Waals surface area (Å²) in [7, 11) is 0. The van der Waals surface area contributed by atoms with Gasteiger partial charge in [-0.1, -0.05) is 23.4 Å². The normalized spacial score (nSPS) is 9.94. The molecule has 1 nitrogen and oxygen atoms in total. The molecule has 0 spiro atoms. The van der Waals surface area contributed by atoms with E-state index in [1.54, 1.807) is 30.3 Å². The fourth-order valence-corrected chi connectivity index (χ4v) is 2.48. The molecule has 0 aliphatic heterocycles. The van der Waals surface area contributed by atoms with Crippen molar-refractivity contribution in [3.8, 4) is 6.07 Å². The lowest BCUT2D eigenvalue weighted by Crippen LogP contribution is -1.82. The van der Waals surface area contributed by atoms with Crippen LogP contribution in [-0.4, -0.2) is 0 Å². The van der Waals surface area contributed by atoms with E-state index in [1.807, 2.05) is 0 Å². The third-order valence-electron chi connectivity index (χ3n) is 2.11. The lowest BCUT2D eigenvalue weighted by atomic mass is 10.2. The molecular formula is C13H7ClFNS. The summed E-state index contributed by atoms with van der Waals surface area (Å²) in [5.74, 6) is -0.277. The van der Waals surface area contributed by atoms with Gasteiger partial charge in [0.1, 0.15) is 11.9 Å². The molecule has 17 heavy (non-hydrogen) atoms. The average molecular weight is 264 g/mol. The molecule has 0 bridgehead atoms. The summed E-state index contributed by atoms with van der Waals surface area (Å²) in [6.45, 7) is 0. The molecule has 0 saturated carbocycles. The minimum absolute atomic E-state index is 0.277. The van der Waals surface area contributed by atoms with E-state index >= 15 is 0 Å². The second kappa shape index (κ2) is 5.22. The number of nitrogens with zero attached hydrogens (tertiary/aromatic N) is 1. The van der Waals surface area contributed by atoms with Crippen molar-refractivity contribution in [2.24, 2.45) is 0 Å². The molecule has 0 aliphatic carbocycles. The molecule has 2 rings (SSSR count). The number of nitriles is 1. The lowest BCUT2D eigenvalue weighted by Gasteiger charge is -2.04. The van der Waals surface area contributed by atoms with Gasteiger partial charge in [-0.3, -0.25) is 0 Å². The summed E-state index contributed by atoms with van der Waals surface area (Å²) in [6, 6.07) is 13.3. The lowest BCUT2D eigenvalue weighted by molar-refractivity contribution is 0.626. The molecule has 0 amide bonds. The topological polar surface area (TPSA) is 23.8 Å². The van der Waals surface area contributed by atoms with E-state index in [1.165, 1.54) is 23.9 Å². The molecule has 2 aromatic carbocycles. The van der Waals surface area contributed by atoms with Crippen molar-refractivity contribution in [1.82, 2.24) is 0 Å². The summed E-state index contributed by atoms with van der Waals surface area (Å²) >= 11 is 7.27. The third kappa shape index (κ3) is 3.00. The molecule has 0 heterocycles. The van der Waals surface area contributed by atoms with Gasteiger partial charge in [0, 0.05) is 14.8 Å². The van der Waals surface area contributed by atoms with Crippen molar-refractivity contribution in [2.75, 3.05) is 0 Å². The number of halogens is 2. The molecule has 0 unspecified atom stereocenters. The first-order valence-corrected chi connectivity index (χ1v) is 6.01. The third-order valence-corrected chi connectivity index (χ3v) is 3.41. The van der Waals surface area contributed by atoms with Crippen molar-refractivity contribution in [3.05, 3.63) is 58.9 Å². The van der Waals surface area contributed by atoms with Crippen LogP contribution >= 0.6 is 23.4 Å². The zero-order valence-corrected chi connectivity index (χ0v) is 10.2. The van der Waals surface area contributed by atoms with Crippen molar-refractivity contribution in [1.29, 1.82) is 5.26 Å². The van der Waals surface area contributed by atoms with Gasteiger partial charge in [-0.05, 0) is 42.5 Å². The molecule has 4 heteroatoms. The van der Waals surface area contributed by atoms with Crippen molar-refractivity contribution >= 4 is 23.4 Å². The number of benzene rings is 2. The second-order valence-corrected chi connectivity index (χ2v) is 4.86. The van der Waals surface area contributed by atoms with E-state index in [0.29, 0.717) is 10.6 Å². The van der Waals surface area contributed by atoms with E-state index in [9.17, 15) is 4.39 Å². The van der Waals surface area contributed by atoms with Crippen LogP contribution in [0.2, 0.25) is 5.02 Å². The Balaban J connectivity index is 2.32. The highest BCUT2D eigenvalue weighted by Gasteiger charge is 2.05. The highest BCUT2D eigenvalue weighted by atomic mass is 35.5. The molecular weight excluding hydrogens is 257 g/mol. The van der Waals surface area contributed by atoms with Crippen molar-refractivity contribution in [3.63, 3.8) is 0 Å². The highest BCUT2D eigenvalue weighted by molar-refractivity contribution is 7.99. The number of hydrogen-bond donors (Lipinski definition) is 0. The number of hydrogen-bond acceptors (Lipinski definition) is 2. The Labute approximate surface area is 108 Å². The van der Waals surface area contributed by atoms with Gasteiger partial charge in [-0.2, -0.15) is 5.26 Å². The van der Waals surface area contributed by atoms with Gasteiger partial charge in [0.15, 0.2) is 0 Å². The fourth-order valence-electron chi connectivity index (χ4n) is 1.30. The van der Waals surface area contributed by atoms with Gasteiger partial charge >= 0.3 is 0 Å². The van der Waals surface area contributed by atoms with E-state index < -0.39 is 0 Å². The quantitative estimate of drug-likeness (QED) is 0.796.